The number of benzene rings is 1. The molecule has 0 saturated heterocycles. The summed E-state index contributed by atoms with van der Waals surface area (Å²) in [5.74, 6) is -2.04. The molecule has 2 rings (SSSR count). The number of carbonyl (C=O) groups is 4. The fraction of sp³-hybridized carbons (Fsp3) is 0.474. The molecule has 26 heavy (non-hydrogen) atoms. The number of hydrogen-bond donors (Lipinski definition) is 0. The molecule has 1 heterocycles. The second-order valence-electron chi connectivity index (χ2n) is 6.86. The van der Waals surface area contributed by atoms with Gasteiger partial charge in [0.1, 0.15) is 6.54 Å². The molecule has 0 spiro atoms. The van der Waals surface area contributed by atoms with Crippen LogP contribution in [0.15, 0.2) is 24.3 Å². The van der Waals surface area contributed by atoms with Crippen LogP contribution in [0.1, 0.15) is 41.5 Å². The molecule has 1 aliphatic rings. The first kappa shape index (κ1) is 19.6. The molecule has 1 aromatic rings. The lowest BCUT2D eigenvalue weighted by molar-refractivity contribution is -0.146. The smallest absolute Gasteiger partial charge is 0.310 e. The molecule has 3 amide bonds. The van der Waals surface area contributed by atoms with Gasteiger partial charge in [0.25, 0.3) is 11.8 Å². The van der Waals surface area contributed by atoms with Crippen LogP contribution in [0.2, 0.25) is 0 Å². The Bertz CT molecular complexity index is 693. The van der Waals surface area contributed by atoms with Crippen LogP contribution in [0.25, 0.3) is 0 Å². The summed E-state index contributed by atoms with van der Waals surface area (Å²) in [6.07, 6.45) is 0. The van der Waals surface area contributed by atoms with Gasteiger partial charge in [0.2, 0.25) is 5.91 Å². The molecule has 1 aromatic carbocycles. The number of rotatable bonds is 7. The van der Waals surface area contributed by atoms with Gasteiger partial charge >= 0.3 is 5.97 Å². The lowest BCUT2D eigenvalue weighted by atomic mass is 10.1. The molecule has 7 nitrogen and oxygen atoms in total. The van der Waals surface area contributed by atoms with Gasteiger partial charge in [0, 0.05) is 13.1 Å². The summed E-state index contributed by atoms with van der Waals surface area (Å²) in [6, 6.07) is 6.51. The van der Waals surface area contributed by atoms with Gasteiger partial charge in [0.15, 0.2) is 0 Å². The maximum absolute atomic E-state index is 12.8. The van der Waals surface area contributed by atoms with Crippen molar-refractivity contribution in [1.29, 1.82) is 0 Å². The Kier molecular flexibility index (Phi) is 6.13. The van der Waals surface area contributed by atoms with Gasteiger partial charge in [-0.2, -0.15) is 0 Å². The van der Waals surface area contributed by atoms with E-state index in [9.17, 15) is 19.2 Å². The summed E-state index contributed by atoms with van der Waals surface area (Å²) in [5, 5.41) is 0. The number of amides is 3. The van der Waals surface area contributed by atoms with E-state index < -0.39 is 23.7 Å². The minimum absolute atomic E-state index is 0.172. The molecule has 0 radical (unpaired) electrons. The molecule has 0 bridgehead atoms. The largest absolute Gasteiger partial charge is 0.469 e. The first-order chi connectivity index (χ1) is 12.3. The van der Waals surface area contributed by atoms with E-state index in [2.05, 4.69) is 0 Å². The van der Waals surface area contributed by atoms with Crippen LogP contribution in [0, 0.1) is 11.8 Å². The zero-order valence-corrected chi connectivity index (χ0v) is 15.5. The Morgan fingerprint density at radius 3 is 2.04 bits per heavy atom. The van der Waals surface area contributed by atoms with Crippen molar-refractivity contribution in [2.24, 2.45) is 11.8 Å². The Morgan fingerprint density at radius 1 is 1.04 bits per heavy atom. The summed E-state index contributed by atoms with van der Waals surface area (Å²) in [5.41, 5.74) is 0.618. The third-order valence-electron chi connectivity index (χ3n) is 4.21. The van der Waals surface area contributed by atoms with E-state index in [1.807, 2.05) is 13.8 Å². The molecule has 140 valence electrons. The Morgan fingerprint density at radius 2 is 1.58 bits per heavy atom. The number of ether oxygens (including phenoxy) is 1. The quantitative estimate of drug-likeness (QED) is 0.544. The third kappa shape index (κ3) is 4.09. The Balaban J connectivity index is 2.13. The summed E-state index contributed by atoms with van der Waals surface area (Å²) in [6.45, 7) is 5.83. The van der Waals surface area contributed by atoms with Gasteiger partial charge < -0.3 is 9.64 Å². The molecule has 1 aliphatic heterocycles. The van der Waals surface area contributed by atoms with Crippen LogP contribution in [-0.2, 0) is 14.3 Å². The predicted molar refractivity (Wildman–Crippen MR) is 94.4 cm³/mol. The fourth-order valence-electron chi connectivity index (χ4n) is 2.94. The highest BCUT2D eigenvalue weighted by Gasteiger charge is 2.37. The van der Waals surface area contributed by atoms with Crippen molar-refractivity contribution in [3.8, 4) is 0 Å². The monoisotopic (exact) mass is 360 g/mol. The molecule has 0 fully saturated rings. The number of nitrogens with zero attached hydrogens (tertiary/aromatic N) is 2. The molecular weight excluding hydrogens is 336 g/mol. The van der Waals surface area contributed by atoms with E-state index in [4.69, 9.17) is 4.74 Å². The maximum atomic E-state index is 12.8. The van der Waals surface area contributed by atoms with Crippen molar-refractivity contribution in [3.63, 3.8) is 0 Å². The van der Waals surface area contributed by atoms with Gasteiger partial charge in [0.05, 0.1) is 24.2 Å². The number of hydrogen-bond acceptors (Lipinski definition) is 5. The lowest BCUT2D eigenvalue weighted by Gasteiger charge is -2.28. The SMILES string of the molecule is COC(=O)C(C)CN(CC(C)C)C(=O)CN1C(=O)c2ccccc2C1=O. The highest BCUT2D eigenvalue weighted by atomic mass is 16.5. The molecule has 1 atom stereocenters. The van der Waals surface area contributed by atoms with E-state index in [0.717, 1.165) is 4.90 Å². The van der Waals surface area contributed by atoms with Crippen molar-refractivity contribution in [2.45, 2.75) is 20.8 Å². The Hall–Kier alpha value is -2.70. The van der Waals surface area contributed by atoms with Crippen LogP contribution in [0.4, 0.5) is 0 Å². The standard InChI is InChI=1S/C19H24N2O5/c1-12(2)9-20(10-13(3)19(25)26-4)16(22)11-21-17(23)14-7-5-6-8-15(14)18(21)24/h5-8,12-13H,9-11H2,1-4H3. The summed E-state index contributed by atoms with van der Waals surface area (Å²) >= 11 is 0. The van der Waals surface area contributed by atoms with Crippen molar-refractivity contribution >= 4 is 23.7 Å². The van der Waals surface area contributed by atoms with Crippen LogP contribution in [0.3, 0.4) is 0 Å². The van der Waals surface area contributed by atoms with Gasteiger partial charge in [-0.3, -0.25) is 24.1 Å². The minimum atomic E-state index is -0.495. The van der Waals surface area contributed by atoms with Crippen LogP contribution < -0.4 is 0 Å². The van der Waals surface area contributed by atoms with Crippen molar-refractivity contribution in [1.82, 2.24) is 9.80 Å². The molecule has 1 unspecified atom stereocenters. The van der Waals surface area contributed by atoms with Gasteiger partial charge in [-0.25, -0.2) is 0 Å². The van der Waals surface area contributed by atoms with E-state index >= 15 is 0 Å². The first-order valence-electron chi connectivity index (χ1n) is 8.57. The van der Waals surface area contributed by atoms with E-state index in [-0.39, 0.29) is 24.9 Å². The predicted octanol–water partition coefficient (Wildman–Crippen LogP) is 1.58. The van der Waals surface area contributed by atoms with E-state index in [0.29, 0.717) is 17.7 Å². The molecule has 0 N–H and O–H groups in total. The van der Waals surface area contributed by atoms with Crippen molar-refractivity contribution in [3.05, 3.63) is 35.4 Å². The summed E-state index contributed by atoms with van der Waals surface area (Å²) in [4.78, 5) is 51.7. The molecule has 0 saturated carbocycles. The topological polar surface area (TPSA) is 84.0 Å². The number of carbonyl (C=O) groups excluding carboxylic acids is 4. The lowest BCUT2D eigenvalue weighted by Crippen LogP contribution is -2.46. The first-order valence-corrected chi connectivity index (χ1v) is 8.57. The van der Waals surface area contributed by atoms with Crippen molar-refractivity contribution in [2.75, 3.05) is 26.7 Å². The molecular formula is C19H24N2O5. The molecule has 7 heteroatoms. The zero-order valence-electron chi connectivity index (χ0n) is 15.5. The van der Waals surface area contributed by atoms with Gasteiger partial charge in [-0.05, 0) is 18.1 Å². The summed E-state index contributed by atoms with van der Waals surface area (Å²) in [7, 11) is 1.30. The second kappa shape index (κ2) is 8.12. The number of methoxy groups -OCH3 is 1. The maximum Gasteiger partial charge on any atom is 0.310 e. The van der Waals surface area contributed by atoms with Crippen LogP contribution >= 0.6 is 0 Å². The van der Waals surface area contributed by atoms with E-state index in [1.165, 1.54) is 12.0 Å². The number of esters is 1. The van der Waals surface area contributed by atoms with Gasteiger partial charge in [-0.1, -0.05) is 32.9 Å². The van der Waals surface area contributed by atoms with Crippen LogP contribution in [0.5, 0.6) is 0 Å². The van der Waals surface area contributed by atoms with E-state index in [1.54, 1.807) is 31.2 Å². The third-order valence-corrected chi connectivity index (χ3v) is 4.21. The number of imide groups is 1. The molecule has 0 aromatic heterocycles. The minimum Gasteiger partial charge on any atom is -0.469 e. The van der Waals surface area contributed by atoms with Crippen molar-refractivity contribution < 1.29 is 23.9 Å². The zero-order chi connectivity index (χ0) is 19.4. The second-order valence-corrected chi connectivity index (χ2v) is 6.86. The average molecular weight is 360 g/mol. The van der Waals surface area contributed by atoms with Crippen LogP contribution in [-0.4, -0.2) is 60.2 Å². The summed E-state index contributed by atoms with van der Waals surface area (Å²) < 4.78 is 4.71. The highest BCUT2D eigenvalue weighted by molar-refractivity contribution is 6.22. The fourth-order valence-corrected chi connectivity index (χ4v) is 2.94. The van der Waals surface area contributed by atoms with Gasteiger partial charge in [-0.15, -0.1) is 0 Å². The average Bonchev–Trinajstić information content (AvgIpc) is 2.85. The number of fused-ring (bicyclic) bond motifs is 1. The molecule has 0 aliphatic carbocycles. The Labute approximate surface area is 152 Å². The highest BCUT2D eigenvalue weighted by Crippen LogP contribution is 2.22. The normalized spacial score (nSPS) is 14.4.